The molecule has 2 aromatic carbocycles. The number of aromatic carboxylic acids is 1. The number of halogens is 1. The van der Waals surface area contributed by atoms with E-state index in [4.69, 9.17) is 21.1 Å². The normalized spacial score (nSPS) is 24.6. The number of hydrogen-bond acceptors (Lipinski definition) is 3. The van der Waals surface area contributed by atoms with Crippen molar-refractivity contribution >= 4 is 17.6 Å². The van der Waals surface area contributed by atoms with Crippen LogP contribution in [0, 0.1) is 5.92 Å². The molecular formula is C23H25ClO4. The number of ether oxygens (including phenoxy) is 2. The molecule has 0 radical (unpaired) electrons. The third kappa shape index (κ3) is 3.94. The predicted octanol–water partition coefficient (Wildman–Crippen LogP) is 5.87. The lowest BCUT2D eigenvalue weighted by Crippen LogP contribution is -2.34. The van der Waals surface area contributed by atoms with E-state index in [-0.39, 0.29) is 29.6 Å². The fraction of sp³-hybridized carbons (Fsp3) is 0.348. The molecule has 0 spiro atoms. The highest BCUT2D eigenvalue weighted by atomic mass is 35.5. The molecule has 0 aliphatic carbocycles. The van der Waals surface area contributed by atoms with Crippen molar-refractivity contribution in [3.63, 3.8) is 0 Å². The van der Waals surface area contributed by atoms with E-state index >= 15 is 0 Å². The van der Waals surface area contributed by atoms with E-state index in [9.17, 15) is 9.90 Å². The summed E-state index contributed by atoms with van der Waals surface area (Å²) >= 11 is 6.44. The van der Waals surface area contributed by atoms with Gasteiger partial charge in [0.1, 0.15) is 5.75 Å². The molecule has 148 valence electrons. The summed E-state index contributed by atoms with van der Waals surface area (Å²) in [4.78, 5) is 11.5. The van der Waals surface area contributed by atoms with Crippen molar-refractivity contribution in [2.24, 2.45) is 5.92 Å². The van der Waals surface area contributed by atoms with Crippen molar-refractivity contribution in [2.75, 3.05) is 7.11 Å². The molecule has 4 atom stereocenters. The summed E-state index contributed by atoms with van der Waals surface area (Å²) in [6.45, 7) is 8.18. The van der Waals surface area contributed by atoms with Crippen LogP contribution in [0.15, 0.2) is 54.6 Å². The lowest BCUT2D eigenvalue weighted by Gasteiger charge is -2.42. The first-order valence-electron chi connectivity index (χ1n) is 9.30. The molecule has 0 aromatic heterocycles. The van der Waals surface area contributed by atoms with Gasteiger partial charge in [-0.25, -0.2) is 4.79 Å². The van der Waals surface area contributed by atoms with Crippen LogP contribution in [-0.4, -0.2) is 24.3 Å². The Hall–Kier alpha value is -2.30. The van der Waals surface area contributed by atoms with Crippen LogP contribution < -0.4 is 4.74 Å². The minimum absolute atomic E-state index is 0.00965. The maximum Gasteiger partial charge on any atom is 0.335 e. The summed E-state index contributed by atoms with van der Waals surface area (Å²) in [6, 6.07) is 12.7. The van der Waals surface area contributed by atoms with Crippen molar-refractivity contribution < 1.29 is 19.4 Å². The zero-order valence-electron chi connectivity index (χ0n) is 16.3. The Kier molecular flexibility index (Phi) is 6.11. The van der Waals surface area contributed by atoms with Crippen molar-refractivity contribution in [3.8, 4) is 5.75 Å². The maximum absolute atomic E-state index is 11.5. The number of carboxylic acid groups (broad SMARTS) is 1. The van der Waals surface area contributed by atoms with E-state index in [0.717, 1.165) is 28.1 Å². The summed E-state index contributed by atoms with van der Waals surface area (Å²) in [7, 11) is 1.58. The van der Waals surface area contributed by atoms with Gasteiger partial charge < -0.3 is 14.6 Å². The zero-order valence-corrected chi connectivity index (χ0v) is 17.1. The summed E-state index contributed by atoms with van der Waals surface area (Å²) in [6.07, 6.45) is 0.380. The van der Waals surface area contributed by atoms with E-state index in [1.807, 2.05) is 38.1 Å². The largest absolute Gasteiger partial charge is 0.496 e. The van der Waals surface area contributed by atoms with Gasteiger partial charge in [-0.05, 0) is 50.1 Å². The molecule has 1 aliphatic heterocycles. The van der Waals surface area contributed by atoms with Gasteiger partial charge in [-0.2, -0.15) is 0 Å². The Morgan fingerprint density at radius 2 is 1.96 bits per heavy atom. The van der Waals surface area contributed by atoms with Gasteiger partial charge in [-0.1, -0.05) is 42.0 Å². The summed E-state index contributed by atoms with van der Waals surface area (Å²) in [5, 5.41) is 10.1. The van der Waals surface area contributed by atoms with Gasteiger partial charge in [0.15, 0.2) is 0 Å². The third-order valence-corrected chi connectivity index (χ3v) is 5.87. The van der Waals surface area contributed by atoms with Gasteiger partial charge >= 0.3 is 5.97 Å². The van der Waals surface area contributed by atoms with Crippen LogP contribution >= 0.6 is 11.6 Å². The first kappa shape index (κ1) is 20.4. The molecule has 0 bridgehead atoms. The Bertz CT molecular complexity index is 892. The van der Waals surface area contributed by atoms with Crippen LogP contribution in [0.25, 0.3) is 0 Å². The quantitative estimate of drug-likeness (QED) is 0.637. The minimum atomic E-state index is -0.978. The molecule has 2 aromatic rings. The van der Waals surface area contributed by atoms with Crippen molar-refractivity contribution in [1.29, 1.82) is 0 Å². The first-order chi connectivity index (χ1) is 13.3. The molecule has 1 N–H and O–H groups in total. The van der Waals surface area contributed by atoms with Gasteiger partial charge in [-0.15, -0.1) is 0 Å². The van der Waals surface area contributed by atoms with Crippen molar-refractivity contribution in [3.05, 3.63) is 76.3 Å². The fourth-order valence-corrected chi connectivity index (χ4v) is 4.28. The van der Waals surface area contributed by atoms with Crippen LogP contribution in [0.1, 0.15) is 53.8 Å². The van der Waals surface area contributed by atoms with Gasteiger partial charge in [0, 0.05) is 22.4 Å². The van der Waals surface area contributed by atoms with E-state index in [2.05, 4.69) is 6.58 Å². The molecule has 1 heterocycles. The lowest BCUT2D eigenvalue weighted by atomic mass is 9.75. The first-order valence-corrected chi connectivity index (χ1v) is 9.67. The number of benzene rings is 2. The Morgan fingerprint density at radius 3 is 2.57 bits per heavy atom. The number of rotatable bonds is 5. The molecule has 1 saturated heterocycles. The fourth-order valence-electron chi connectivity index (χ4n) is 4.00. The monoisotopic (exact) mass is 400 g/mol. The minimum Gasteiger partial charge on any atom is -0.496 e. The third-order valence-electron chi connectivity index (χ3n) is 5.52. The molecule has 1 aliphatic rings. The highest BCUT2D eigenvalue weighted by Gasteiger charge is 2.39. The van der Waals surface area contributed by atoms with Crippen molar-refractivity contribution in [1.82, 2.24) is 0 Å². The Balaban J connectivity index is 2.02. The maximum atomic E-state index is 11.5. The van der Waals surface area contributed by atoms with Crippen molar-refractivity contribution in [2.45, 2.75) is 38.4 Å². The molecule has 0 unspecified atom stereocenters. The summed E-state index contributed by atoms with van der Waals surface area (Å²) in [5.41, 5.74) is 2.99. The van der Waals surface area contributed by atoms with Crippen LogP contribution in [0.2, 0.25) is 5.02 Å². The molecule has 3 rings (SSSR count). The van der Waals surface area contributed by atoms with E-state index in [0.29, 0.717) is 5.75 Å². The molecule has 5 heteroatoms. The molecule has 4 nitrogen and oxygen atoms in total. The molecule has 28 heavy (non-hydrogen) atoms. The van der Waals surface area contributed by atoms with Crippen LogP contribution in [-0.2, 0) is 4.74 Å². The average molecular weight is 401 g/mol. The summed E-state index contributed by atoms with van der Waals surface area (Å²) < 4.78 is 12.0. The molecule has 0 amide bonds. The highest BCUT2D eigenvalue weighted by molar-refractivity contribution is 6.31. The van der Waals surface area contributed by atoms with Gasteiger partial charge in [0.05, 0.1) is 24.9 Å². The Morgan fingerprint density at radius 1 is 1.25 bits per heavy atom. The van der Waals surface area contributed by atoms with Crippen LogP contribution in [0.3, 0.4) is 0 Å². The number of hydrogen-bond donors (Lipinski definition) is 1. The number of methoxy groups -OCH3 is 1. The number of carboxylic acids is 1. The van der Waals surface area contributed by atoms with Crippen LogP contribution in [0.4, 0.5) is 0 Å². The Labute approximate surface area is 170 Å². The second-order valence-electron chi connectivity index (χ2n) is 7.34. The molecular weight excluding hydrogens is 376 g/mol. The smallest absolute Gasteiger partial charge is 0.335 e. The van der Waals surface area contributed by atoms with E-state index in [1.165, 1.54) is 0 Å². The molecule has 1 fully saturated rings. The van der Waals surface area contributed by atoms with Crippen LogP contribution in [0.5, 0.6) is 5.75 Å². The van der Waals surface area contributed by atoms with E-state index in [1.54, 1.807) is 25.3 Å². The molecule has 0 saturated carbocycles. The highest BCUT2D eigenvalue weighted by Crippen LogP contribution is 2.48. The van der Waals surface area contributed by atoms with Gasteiger partial charge in [0.25, 0.3) is 0 Å². The zero-order chi connectivity index (χ0) is 20.4. The average Bonchev–Trinajstić information content (AvgIpc) is 2.67. The second kappa shape index (κ2) is 8.38. The summed E-state index contributed by atoms with van der Waals surface area (Å²) in [5.74, 6) is -0.228. The standard InChI is InChI=1S/C23H25ClO4/c1-13(2)17-12-18(16-7-5-6-8-20(16)24)14(3)28-22(17)19-11-15(23(25)26)9-10-21(19)27-4/h5-11,14,17-18,22H,1,12H2,2-4H3,(H,25,26)/t14-,17+,18-,22-/m0/s1. The van der Waals surface area contributed by atoms with Gasteiger partial charge in [-0.3, -0.25) is 0 Å². The van der Waals surface area contributed by atoms with E-state index < -0.39 is 5.97 Å². The second-order valence-corrected chi connectivity index (χ2v) is 7.75. The van der Waals surface area contributed by atoms with Gasteiger partial charge in [0.2, 0.25) is 0 Å². The number of carbonyl (C=O) groups is 1. The SMILES string of the molecule is C=C(C)[C@H]1C[C@H](c2ccccc2Cl)[C@H](C)O[C@@H]1c1cc(C(=O)O)ccc1OC. The lowest BCUT2D eigenvalue weighted by molar-refractivity contribution is -0.0810. The topological polar surface area (TPSA) is 55.8 Å². The predicted molar refractivity (Wildman–Crippen MR) is 110 cm³/mol.